The van der Waals surface area contributed by atoms with E-state index < -0.39 is 0 Å². The predicted molar refractivity (Wildman–Crippen MR) is 159 cm³/mol. The molecule has 0 N–H and O–H groups in total. The summed E-state index contributed by atoms with van der Waals surface area (Å²) in [5, 5.41) is 0. The van der Waals surface area contributed by atoms with E-state index in [4.69, 9.17) is 0 Å². The fourth-order valence-corrected chi connectivity index (χ4v) is 6.47. The van der Waals surface area contributed by atoms with E-state index in [2.05, 4.69) is 65.8 Å². The highest BCUT2D eigenvalue weighted by molar-refractivity contribution is 6.38. The van der Waals surface area contributed by atoms with Crippen molar-refractivity contribution in [1.82, 2.24) is 4.90 Å². The highest BCUT2D eigenvalue weighted by Gasteiger charge is 2.39. The number of benzene rings is 3. The first-order chi connectivity index (χ1) is 18.7. The molecule has 3 aromatic rings. The van der Waals surface area contributed by atoms with E-state index in [1.54, 1.807) is 0 Å². The monoisotopic (exact) mass is 509 g/mol. The number of carbonyl (C=O) groups is 2. The zero-order valence-corrected chi connectivity index (χ0v) is 23.3. The molecule has 0 aromatic heterocycles. The third-order valence-electron chi connectivity index (χ3n) is 7.92. The van der Waals surface area contributed by atoms with Crippen molar-refractivity contribution in [3.63, 3.8) is 0 Å². The first kappa shape index (κ1) is 24.8. The topological polar surface area (TPSA) is 37.4 Å². The van der Waals surface area contributed by atoms with Crippen molar-refractivity contribution in [2.45, 2.75) is 41.5 Å². The van der Waals surface area contributed by atoms with Crippen LogP contribution in [-0.4, -0.2) is 16.5 Å². The molecule has 0 unspecified atom stereocenters. The molecule has 3 heteroatoms. The Labute approximate surface area is 230 Å². The van der Waals surface area contributed by atoms with Crippen molar-refractivity contribution in [3.05, 3.63) is 145 Å². The summed E-state index contributed by atoms with van der Waals surface area (Å²) in [6.45, 7) is 12.6. The highest BCUT2D eigenvalue weighted by Crippen LogP contribution is 2.46. The van der Waals surface area contributed by atoms with Gasteiger partial charge in [0.2, 0.25) is 5.78 Å². The molecule has 0 saturated heterocycles. The van der Waals surface area contributed by atoms with E-state index in [0.717, 1.165) is 55.8 Å². The lowest BCUT2D eigenvalue weighted by Crippen LogP contribution is -2.18. The van der Waals surface area contributed by atoms with E-state index in [0.29, 0.717) is 16.8 Å². The molecule has 3 aromatic carbocycles. The standard InChI is InChI=1S/C36H31NO2/c1-20-15-22(3)31(23(4)16-20)33-34(32-24(5)17-21(2)18-25(32)6)37-14-13-27(19-30(37)36(33)39)29-12-11-26-9-7-8-10-28(26)35(29)38/h7-19H,1-6H3. The molecule has 2 aliphatic heterocycles. The molecule has 1 aliphatic carbocycles. The molecule has 3 nitrogen and oxygen atoms in total. The Morgan fingerprint density at radius 2 is 1.23 bits per heavy atom. The quantitative estimate of drug-likeness (QED) is 0.330. The molecule has 6 rings (SSSR count). The molecular formula is C36H31NO2. The molecule has 0 radical (unpaired) electrons. The number of ketones is 2. The van der Waals surface area contributed by atoms with Gasteiger partial charge in [-0.25, -0.2) is 0 Å². The van der Waals surface area contributed by atoms with Crippen LogP contribution in [0.15, 0.2) is 89.8 Å². The second-order valence-corrected chi connectivity index (χ2v) is 10.9. The van der Waals surface area contributed by atoms with Crippen LogP contribution in [0.3, 0.4) is 0 Å². The van der Waals surface area contributed by atoms with E-state index in [1.165, 1.54) is 11.1 Å². The van der Waals surface area contributed by atoms with Gasteiger partial charge in [-0.2, -0.15) is 0 Å². The van der Waals surface area contributed by atoms with Crippen LogP contribution in [0.1, 0.15) is 60.4 Å². The van der Waals surface area contributed by atoms with Crippen LogP contribution in [0, 0.1) is 41.5 Å². The third kappa shape index (κ3) is 3.88. The van der Waals surface area contributed by atoms with Gasteiger partial charge in [0.15, 0.2) is 5.78 Å². The Morgan fingerprint density at radius 3 is 1.87 bits per heavy atom. The Morgan fingerprint density at radius 1 is 0.641 bits per heavy atom. The summed E-state index contributed by atoms with van der Waals surface area (Å²) < 4.78 is 0. The third-order valence-corrected chi connectivity index (χ3v) is 7.92. The van der Waals surface area contributed by atoms with E-state index >= 15 is 0 Å². The van der Waals surface area contributed by atoms with Crippen molar-refractivity contribution in [3.8, 4) is 0 Å². The molecule has 192 valence electrons. The second kappa shape index (κ2) is 9.06. The zero-order valence-electron chi connectivity index (χ0n) is 23.3. The minimum absolute atomic E-state index is 0.0190. The normalized spacial score (nSPS) is 18.1. The van der Waals surface area contributed by atoms with Gasteiger partial charge in [-0.05, 0) is 98.7 Å². The number of fused-ring (bicyclic) bond motifs is 2. The molecule has 39 heavy (non-hydrogen) atoms. The van der Waals surface area contributed by atoms with E-state index in [-0.39, 0.29) is 11.6 Å². The minimum atomic E-state index is -0.0210. The van der Waals surface area contributed by atoms with Crippen molar-refractivity contribution in [1.29, 1.82) is 0 Å². The van der Waals surface area contributed by atoms with Gasteiger partial charge in [-0.3, -0.25) is 9.59 Å². The number of hydrogen-bond acceptors (Lipinski definition) is 3. The van der Waals surface area contributed by atoms with Gasteiger partial charge < -0.3 is 4.90 Å². The van der Waals surface area contributed by atoms with Crippen LogP contribution in [0.25, 0.3) is 17.3 Å². The van der Waals surface area contributed by atoms with Gasteiger partial charge in [0.05, 0.1) is 17.0 Å². The summed E-state index contributed by atoms with van der Waals surface area (Å²) in [6, 6.07) is 16.3. The highest BCUT2D eigenvalue weighted by atomic mass is 16.1. The maximum atomic E-state index is 14.4. The van der Waals surface area contributed by atoms with Gasteiger partial charge in [0, 0.05) is 22.9 Å². The molecule has 0 saturated carbocycles. The second-order valence-electron chi connectivity index (χ2n) is 10.9. The molecule has 0 fully saturated rings. The Hall–Kier alpha value is -4.50. The fourth-order valence-electron chi connectivity index (χ4n) is 6.47. The number of carbonyl (C=O) groups excluding carboxylic acids is 2. The molecule has 3 aliphatic rings. The maximum Gasteiger partial charge on any atom is 0.212 e. The molecule has 2 heterocycles. The molecule has 0 atom stereocenters. The summed E-state index contributed by atoms with van der Waals surface area (Å²) in [4.78, 5) is 29.8. The van der Waals surface area contributed by atoms with Crippen molar-refractivity contribution >= 4 is 28.9 Å². The number of nitrogens with zero attached hydrogens (tertiary/aromatic N) is 1. The van der Waals surface area contributed by atoms with Crippen LogP contribution in [0.5, 0.6) is 0 Å². The smallest absolute Gasteiger partial charge is 0.212 e. The summed E-state index contributed by atoms with van der Waals surface area (Å²) in [5.41, 5.74) is 14.0. The summed E-state index contributed by atoms with van der Waals surface area (Å²) in [6.07, 6.45) is 9.64. The number of hydrogen-bond donors (Lipinski definition) is 0. The molecule has 0 amide bonds. The lowest BCUT2D eigenvalue weighted by Gasteiger charge is -2.26. The first-order valence-electron chi connectivity index (χ1n) is 13.4. The summed E-state index contributed by atoms with van der Waals surface area (Å²) in [7, 11) is 0. The number of aryl methyl sites for hydroxylation is 6. The Balaban J connectivity index is 1.58. The van der Waals surface area contributed by atoms with Crippen molar-refractivity contribution in [2.75, 3.05) is 0 Å². The molecular weight excluding hydrogens is 478 g/mol. The van der Waals surface area contributed by atoms with Crippen LogP contribution >= 0.6 is 0 Å². The van der Waals surface area contributed by atoms with Crippen LogP contribution in [-0.2, 0) is 4.79 Å². The van der Waals surface area contributed by atoms with Crippen LogP contribution < -0.4 is 0 Å². The van der Waals surface area contributed by atoms with Gasteiger partial charge in [-0.15, -0.1) is 0 Å². The zero-order chi connectivity index (χ0) is 27.6. The molecule has 0 spiro atoms. The van der Waals surface area contributed by atoms with Gasteiger partial charge in [-0.1, -0.05) is 65.7 Å². The summed E-state index contributed by atoms with van der Waals surface area (Å²) in [5.74, 6) is -0.0399. The SMILES string of the molecule is Cc1cc(C)c(C2=C(c3c(C)cc(C)cc3C)N3C=CC(=C4C=Cc5ccccc5C4=O)C=C3C2=O)c(C)c1. The van der Waals surface area contributed by atoms with Gasteiger partial charge in [0.25, 0.3) is 0 Å². The number of allylic oxidation sites excluding steroid dienone is 6. The van der Waals surface area contributed by atoms with E-state index in [1.807, 2.05) is 59.7 Å². The number of Topliss-reactive ketones (excluding diaryl/α,β-unsaturated/α-hetero) is 2. The average molecular weight is 510 g/mol. The maximum absolute atomic E-state index is 14.4. The van der Waals surface area contributed by atoms with Crippen LogP contribution in [0.2, 0.25) is 0 Å². The lowest BCUT2D eigenvalue weighted by atomic mass is 9.87. The largest absolute Gasteiger partial charge is 0.312 e. The fraction of sp³-hybridized carbons (Fsp3) is 0.167. The Bertz CT molecular complexity index is 1740. The average Bonchev–Trinajstić information content (AvgIpc) is 3.15. The molecule has 0 bridgehead atoms. The van der Waals surface area contributed by atoms with Crippen molar-refractivity contribution < 1.29 is 9.59 Å². The summed E-state index contributed by atoms with van der Waals surface area (Å²) >= 11 is 0. The predicted octanol–water partition coefficient (Wildman–Crippen LogP) is 7.91. The van der Waals surface area contributed by atoms with E-state index in [9.17, 15) is 9.59 Å². The van der Waals surface area contributed by atoms with Crippen molar-refractivity contribution in [2.24, 2.45) is 0 Å². The first-order valence-corrected chi connectivity index (χ1v) is 13.4. The number of rotatable bonds is 2. The minimum Gasteiger partial charge on any atom is -0.312 e. The Kier molecular flexibility index (Phi) is 5.76. The lowest BCUT2D eigenvalue weighted by molar-refractivity contribution is -0.110. The van der Waals surface area contributed by atoms with Gasteiger partial charge in [0.1, 0.15) is 0 Å². The van der Waals surface area contributed by atoms with Gasteiger partial charge >= 0.3 is 0 Å². The van der Waals surface area contributed by atoms with Crippen LogP contribution in [0.4, 0.5) is 0 Å².